The summed E-state index contributed by atoms with van der Waals surface area (Å²) < 4.78 is 4.57. The molecule has 0 aromatic heterocycles. The van der Waals surface area contributed by atoms with Crippen LogP contribution < -0.4 is 0 Å². The zero-order chi connectivity index (χ0) is 7.40. The summed E-state index contributed by atoms with van der Waals surface area (Å²) in [6.45, 7) is 0. The standard InChI is InChI=1S/C7H10O2S/c1-9-7(8)6-3-2-4-10-5-6/h3H,2,4-5H2,1H3. The van der Waals surface area contributed by atoms with E-state index in [0.717, 1.165) is 23.5 Å². The molecule has 10 heavy (non-hydrogen) atoms. The Kier molecular flexibility index (Phi) is 2.81. The van der Waals surface area contributed by atoms with Crippen LogP contribution in [0.15, 0.2) is 11.6 Å². The van der Waals surface area contributed by atoms with Gasteiger partial charge in [-0.3, -0.25) is 0 Å². The van der Waals surface area contributed by atoms with Gasteiger partial charge >= 0.3 is 5.97 Å². The second-order valence-corrected chi connectivity index (χ2v) is 3.17. The van der Waals surface area contributed by atoms with E-state index in [4.69, 9.17) is 0 Å². The van der Waals surface area contributed by atoms with Crippen molar-refractivity contribution in [3.05, 3.63) is 11.6 Å². The monoisotopic (exact) mass is 158 g/mol. The van der Waals surface area contributed by atoms with Crippen molar-refractivity contribution >= 4 is 17.7 Å². The number of hydrogen-bond donors (Lipinski definition) is 0. The van der Waals surface area contributed by atoms with E-state index < -0.39 is 0 Å². The number of carbonyl (C=O) groups excluding carboxylic acids is 1. The lowest BCUT2D eigenvalue weighted by Gasteiger charge is -2.09. The van der Waals surface area contributed by atoms with Crippen LogP contribution in [0.3, 0.4) is 0 Å². The molecule has 1 aliphatic heterocycles. The second-order valence-electron chi connectivity index (χ2n) is 2.06. The summed E-state index contributed by atoms with van der Waals surface area (Å²) >= 11 is 1.78. The van der Waals surface area contributed by atoms with Crippen LogP contribution in [-0.4, -0.2) is 24.6 Å². The van der Waals surface area contributed by atoms with Crippen LogP contribution in [0.25, 0.3) is 0 Å². The fourth-order valence-electron chi connectivity index (χ4n) is 0.831. The average molecular weight is 158 g/mol. The first-order chi connectivity index (χ1) is 4.84. The fourth-order valence-corrected chi connectivity index (χ4v) is 1.72. The van der Waals surface area contributed by atoms with E-state index in [-0.39, 0.29) is 5.97 Å². The van der Waals surface area contributed by atoms with Crippen molar-refractivity contribution < 1.29 is 9.53 Å². The van der Waals surface area contributed by atoms with Crippen LogP contribution in [0.2, 0.25) is 0 Å². The topological polar surface area (TPSA) is 26.3 Å². The summed E-state index contributed by atoms with van der Waals surface area (Å²) in [5, 5.41) is 0. The van der Waals surface area contributed by atoms with Crippen molar-refractivity contribution in [2.24, 2.45) is 0 Å². The van der Waals surface area contributed by atoms with Crippen molar-refractivity contribution in [2.75, 3.05) is 18.6 Å². The molecule has 0 saturated heterocycles. The summed E-state index contributed by atoms with van der Waals surface area (Å²) in [5.74, 6) is 1.76. The van der Waals surface area contributed by atoms with Gasteiger partial charge in [0.2, 0.25) is 0 Å². The third kappa shape index (κ3) is 1.77. The SMILES string of the molecule is COC(=O)C1=CCCSC1. The number of ether oxygens (including phenoxy) is 1. The summed E-state index contributed by atoms with van der Waals surface area (Å²) in [7, 11) is 1.42. The molecule has 0 spiro atoms. The highest BCUT2D eigenvalue weighted by Gasteiger charge is 2.11. The number of hydrogen-bond acceptors (Lipinski definition) is 3. The Morgan fingerprint density at radius 2 is 2.60 bits per heavy atom. The molecule has 0 unspecified atom stereocenters. The number of carbonyl (C=O) groups is 1. The molecule has 0 saturated carbocycles. The van der Waals surface area contributed by atoms with Crippen molar-refractivity contribution in [3.8, 4) is 0 Å². The maximum Gasteiger partial charge on any atom is 0.334 e. The summed E-state index contributed by atoms with van der Waals surface area (Å²) in [6, 6.07) is 0. The molecule has 0 aromatic rings. The van der Waals surface area contributed by atoms with Gasteiger partial charge in [-0.15, -0.1) is 0 Å². The zero-order valence-electron chi connectivity index (χ0n) is 5.92. The first-order valence-electron chi connectivity index (χ1n) is 3.19. The Morgan fingerprint density at radius 3 is 3.10 bits per heavy atom. The van der Waals surface area contributed by atoms with Gasteiger partial charge in [0.05, 0.1) is 7.11 Å². The van der Waals surface area contributed by atoms with E-state index >= 15 is 0 Å². The minimum absolute atomic E-state index is 0.174. The van der Waals surface area contributed by atoms with Crippen molar-refractivity contribution in [1.82, 2.24) is 0 Å². The third-order valence-electron chi connectivity index (χ3n) is 1.36. The molecule has 56 valence electrons. The highest BCUT2D eigenvalue weighted by Crippen LogP contribution is 2.17. The van der Waals surface area contributed by atoms with Crippen molar-refractivity contribution in [2.45, 2.75) is 6.42 Å². The van der Waals surface area contributed by atoms with Gasteiger partial charge in [-0.05, 0) is 12.2 Å². The first kappa shape index (κ1) is 7.66. The first-order valence-corrected chi connectivity index (χ1v) is 4.35. The van der Waals surface area contributed by atoms with Crippen LogP contribution in [0, 0.1) is 0 Å². The number of allylic oxidation sites excluding steroid dienone is 1. The molecule has 0 N–H and O–H groups in total. The molecule has 0 bridgehead atoms. The highest BCUT2D eigenvalue weighted by atomic mass is 32.2. The van der Waals surface area contributed by atoms with Gasteiger partial charge in [0, 0.05) is 11.3 Å². The van der Waals surface area contributed by atoms with E-state index in [1.54, 1.807) is 11.8 Å². The van der Waals surface area contributed by atoms with E-state index in [1.807, 2.05) is 6.08 Å². The van der Waals surface area contributed by atoms with Gasteiger partial charge in [0.1, 0.15) is 0 Å². The average Bonchev–Trinajstić information content (AvgIpc) is 2.05. The Morgan fingerprint density at radius 1 is 1.80 bits per heavy atom. The third-order valence-corrected chi connectivity index (χ3v) is 2.40. The van der Waals surface area contributed by atoms with Crippen LogP contribution in [-0.2, 0) is 9.53 Å². The minimum atomic E-state index is -0.174. The Labute approximate surface area is 64.6 Å². The molecule has 0 amide bonds. The van der Waals surface area contributed by atoms with Gasteiger partial charge in [0.15, 0.2) is 0 Å². The van der Waals surface area contributed by atoms with Crippen molar-refractivity contribution in [3.63, 3.8) is 0 Å². The molecule has 2 nitrogen and oxygen atoms in total. The molecule has 1 heterocycles. The number of esters is 1. The smallest absolute Gasteiger partial charge is 0.334 e. The second kappa shape index (κ2) is 3.66. The van der Waals surface area contributed by atoms with E-state index in [2.05, 4.69) is 4.74 Å². The van der Waals surface area contributed by atoms with E-state index in [0.29, 0.717) is 0 Å². The van der Waals surface area contributed by atoms with Gasteiger partial charge in [-0.25, -0.2) is 4.79 Å². The Balaban J connectivity index is 2.53. The van der Waals surface area contributed by atoms with E-state index in [9.17, 15) is 4.79 Å². The Hall–Kier alpha value is -0.440. The molecule has 1 aliphatic rings. The predicted molar refractivity (Wildman–Crippen MR) is 42.0 cm³/mol. The maximum atomic E-state index is 10.9. The van der Waals surface area contributed by atoms with Crippen LogP contribution in [0.5, 0.6) is 0 Å². The molecular weight excluding hydrogens is 148 g/mol. The van der Waals surface area contributed by atoms with Gasteiger partial charge in [-0.2, -0.15) is 11.8 Å². The van der Waals surface area contributed by atoms with Crippen molar-refractivity contribution in [1.29, 1.82) is 0 Å². The number of rotatable bonds is 1. The molecule has 0 fully saturated rings. The Bertz CT molecular complexity index is 163. The largest absolute Gasteiger partial charge is 0.466 e. The van der Waals surface area contributed by atoms with Gasteiger partial charge in [-0.1, -0.05) is 6.08 Å². The number of thioether (sulfide) groups is 1. The van der Waals surface area contributed by atoms with Crippen LogP contribution in [0.1, 0.15) is 6.42 Å². The highest BCUT2D eigenvalue weighted by molar-refractivity contribution is 7.99. The molecule has 1 rings (SSSR count). The molecule has 0 aromatic carbocycles. The van der Waals surface area contributed by atoms with Crippen LogP contribution in [0.4, 0.5) is 0 Å². The minimum Gasteiger partial charge on any atom is -0.466 e. The zero-order valence-corrected chi connectivity index (χ0v) is 6.74. The number of methoxy groups -OCH3 is 1. The van der Waals surface area contributed by atoms with Gasteiger partial charge < -0.3 is 4.74 Å². The van der Waals surface area contributed by atoms with Gasteiger partial charge in [0.25, 0.3) is 0 Å². The lowest BCUT2D eigenvalue weighted by molar-refractivity contribution is -0.136. The summed E-state index contributed by atoms with van der Waals surface area (Å²) in [6.07, 6.45) is 2.96. The lowest BCUT2D eigenvalue weighted by atomic mass is 10.2. The van der Waals surface area contributed by atoms with E-state index in [1.165, 1.54) is 7.11 Å². The lowest BCUT2D eigenvalue weighted by Crippen LogP contribution is -2.09. The predicted octanol–water partition coefficient (Wildman–Crippen LogP) is 1.22. The fraction of sp³-hybridized carbons (Fsp3) is 0.571. The van der Waals surface area contributed by atoms with Crippen LogP contribution >= 0.6 is 11.8 Å². The molecular formula is C7H10O2S. The maximum absolute atomic E-state index is 10.9. The summed E-state index contributed by atoms with van der Waals surface area (Å²) in [4.78, 5) is 10.9. The molecule has 0 radical (unpaired) electrons. The molecule has 3 heteroatoms. The molecule has 0 aliphatic carbocycles. The quantitative estimate of drug-likeness (QED) is 0.537. The summed E-state index contributed by atoms with van der Waals surface area (Å²) in [5.41, 5.74) is 0.818. The molecule has 0 atom stereocenters. The normalized spacial score (nSPS) is 17.9.